The van der Waals surface area contributed by atoms with Crippen LogP contribution in [0.5, 0.6) is 0 Å². The molecule has 1 fully saturated rings. The van der Waals surface area contributed by atoms with E-state index in [9.17, 15) is 13.2 Å². The number of ether oxygens (including phenoxy) is 1. The number of halogens is 3. The van der Waals surface area contributed by atoms with Crippen molar-refractivity contribution in [3.8, 4) is 11.1 Å². The van der Waals surface area contributed by atoms with Crippen LogP contribution in [0.15, 0.2) is 30.3 Å². The number of aryl methyl sites for hydroxylation is 1. The molecule has 0 aliphatic carbocycles. The van der Waals surface area contributed by atoms with Gasteiger partial charge in [-0.25, -0.2) is 13.2 Å². The fourth-order valence-corrected chi connectivity index (χ4v) is 4.30. The minimum absolute atomic E-state index is 0.0985. The van der Waals surface area contributed by atoms with Gasteiger partial charge < -0.3 is 4.74 Å². The van der Waals surface area contributed by atoms with Crippen molar-refractivity contribution >= 4 is 0 Å². The normalized spacial score (nSPS) is 19.2. The number of rotatable bonds is 9. The van der Waals surface area contributed by atoms with Gasteiger partial charge >= 0.3 is 0 Å². The molecule has 2 atom stereocenters. The molecule has 0 radical (unpaired) electrons. The first-order valence-electron chi connectivity index (χ1n) is 11.4. The van der Waals surface area contributed by atoms with E-state index in [0.717, 1.165) is 38.5 Å². The lowest BCUT2D eigenvalue weighted by molar-refractivity contribution is -0.0214. The van der Waals surface area contributed by atoms with E-state index in [-0.39, 0.29) is 11.7 Å². The first-order valence-corrected chi connectivity index (χ1v) is 11.4. The van der Waals surface area contributed by atoms with E-state index in [0.29, 0.717) is 35.6 Å². The highest BCUT2D eigenvalue weighted by atomic mass is 19.2. The topological polar surface area (TPSA) is 9.23 Å². The van der Waals surface area contributed by atoms with Gasteiger partial charge in [-0.05, 0) is 55.2 Å². The summed E-state index contributed by atoms with van der Waals surface area (Å²) in [6, 6.07) is 7.81. The number of benzene rings is 2. The zero-order valence-electron chi connectivity index (χ0n) is 18.2. The van der Waals surface area contributed by atoms with E-state index in [1.807, 2.05) is 0 Å². The van der Waals surface area contributed by atoms with Gasteiger partial charge in [0.25, 0.3) is 0 Å². The van der Waals surface area contributed by atoms with E-state index in [1.165, 1.54) is 18.9 Å². The molecule has 4 heteroatoms. The summed E-state index contributed by atoms with van der Waals surface area (Å²) in [5.41, 5.74) is 1.34. The maximum absolute atomic E-state index is 14.8. The Labute approximate surface area is 178 Å². The second kappa shape index (κ2) is 11.0. The van der Waals surface area contributed by atoms with Crippen molar-refractivity contribution < 1.29 is 17.9 Å². The predicted octanol–water partition coefficient (Wildman–Crippen LogP) is 8.16. The molecule has 0 amide bonds. The molecule has 3 rings (SSSR count). The molecule has 30 heavy (non-hydrogen) atoms. The quantitative estimate of drug-likeness (QED) is 0.373. The van der Waals surface area contributed by atoms with Gasteiger partial charge in [0.05, 0.1) is 12.7 Å². The van der Waals surface area contributed by atoms with Gasteiger partial charge in [0, 0.05) is 11.1 Å². The van der Waals surface area contributed by atoms with Crippen LogP contribution in [0, 0.1) is 23.4 Å². The fourth-order valence-electron chi connectivity index (χ4n) is 4.30. The number of hydrogen-bond donors (Lipinski definition) is 0. The molecule has 2 aromatic rings. The molecule has 1 aliphatic rings. The molecule has 1 saturated heterocycles. The largest absolute Gasteiger partial charge is 0.373 e. The maximum atomic E-state index is 14.8. The molecule has 0 aromatic heterocycles. The van der Waals surface area contributed by atoms with Crippen LogP contribution in [0.2, 0.25) is 0 Å². The van der Waals surface area contributed by atoms with Crippen LogP contribution in [0.25, 0.3) is 11.1 Å². The van der Waals surface area contributed by atoms with Crippen LogP contribution in [0.3, 0.4) is 0 Å². The highest BCUT2D eigenvalue weighted by Crippen LogP contribution is 2.36. The average molecular weight is 419 g/mol. The fraction of sp³-hybridized carbons (Fsp3) is 0.538. The van der Waals surface area contributed by atoms with Crippen LogP contribution in [-0.4, -0.2) is 6.61 Å². The van der Waals surface area contributed by atoms with Crippen molar-refractivity contribution in [1.82, 2.24) is 0 Å². The summed E-state index contributed by atoms with van der Waals surface area (Å²) < 4.78 is 49.9. The second-order valence-corrected chi connectivity index (χ2v) is 8.50. The molecule has 0 bridgehead atoms. The number of unbranched alkanes of at least 4 members (excludes halogenated alkanes) is 3. The van der Waals surface area contributed by atoms with Crippen molar-refractivity contribution in [2.45, 2.75) is 77.7 Å². The van der Waals surface area contributed by atoms with Crippen molar-refractivity contribution in [2.24, 2.45) is 5.92 Å². The molecule has 0 spiro atoms. The maximum Gasteiger partial charge on any atom is 0.166 e. The Kier molecular flexibility index (Phi) is 8.38. The Morgan fingerprint density at radius 1 is 0.900 bits per heavy atom. The average Bonchev–Trinajstić information content (AvgIpc) is 2.76. The Hall–Kier alpha value is -1.81. The van der Waals surface area contributed by atoms with Crippen LogP contribution >= 0.6 is 0 Å². The Bertz CT molecular complexity index is 825. The molecule has 0 saturated carbocycles. The Morgan fingerprint density at radius 2 is 1.70 bits per heavy atom. The second-order valence-electron chi connectivity index (χ2n) is 8.50. The standard InChI is InChI=1S/C26H33F3O/c1-3-5-7-9-19-11-13-21(26(29)25(19)28)20-12-14-22(23(27)16-20)24-15-10-18(17-30-24)8-6-4-2/h11-14,16,18,24H,3-10,15,17H2,1-2H3. The van der Waals surface area contributed by atoms with Crippen molar-refractivity contribution in [3.05, 3.63) is 58.9 Å². The zero-order chi connectivity index (χ0) is 21.5. The summed E-state index contributed by atoms with van der Waals surface area (Å²) in [6.45, 7) is 4.91. The summed E-state index contributed by atoms with van der Waals surface area (Å²) in [6.07, 6.45) is 8.44. The van der Waals surface area contributed by atoms with E-state index in [1.54, 1.807) is 24.3 Å². The monoisotopic (exact) mass is 418 g/mol. The van der Waals surface area contributed by atoms with Gasteiger partial charge in [-0.2, -0.15) is 0 Å². The summed E-state index contributed by atoms with van der Waals surface area (Å²) in [5, 5.41) is 0. The summed E-state index contributed by atoms with van der Waals surface area (Å²) >= 11 is 0. The van der Waals surface area contributed by atoms with Gasteiger partial charge in [0.2, 0.25) is 0 Å². The molecule has 1 aliphatic heterocycles. The summed E-state index contributed by atoms with van der Waals surface area (Å²) in [5.74, 6) is -1.58. The smallest absolute Gasteiger partial charge is 0.166 e. The van der Waals surface area contributed by atoms with Gasteiger partial charge in [0.1, 0.15) is 5.82 Å². The third-order valence-corrected chi connectivity index (χ3v) is 6.21. The SMILES string of the molecule is CCCCCc1ccc(-c2ccc(C3CCC(CCCC)CO3)c(F)c2)c(F)c1F. The van der Waals surface area contributed by atoms with Gasteiger partial charge in [-0.3, -0.25) is 0 Å². The van der Waals surface area contributed by atoms with Crippen molar-refractivity contribution in [1.29, 1.82) is 0 Å². The predicted molar refractivity (Wildman–Crippen MR) is 116 cm³/mol. The van der Waals surface area contributed by atoms with E-state index in [2.05, 4.69) is 13.8 Å². The minimum atomic E-state index is -0.899. The van der Waals surface area contributed by atoms with Crippen LogP contribution in [0.4, 0.5) is 13.2 Å². The molecule has 1 heterocycles. The lowest BCUT2D eigenvalue weighted by Crippen LogP contribution is -2.21. The Morgan fingerprint density at radius 3 is 2.37 bits per heavy atom. The first kappa shape index (κ1) is 22.9. The highest BCUT2D eigenvalue weighted by Gasteiger charge is 2.25. The van der Waals surface area contributed by atoms with Crippen molar-refractivity contribution in [3.63, 3.8) is 0 Å². The first-order chi connectivity index (χ1) is 14.5. The Balaban J connectivity index is 1.72. The zero-order valence-corrected chi connectivity index (χ0v) is 18.2. The highest BCUT2D eigenvalue weighted by molar-refractivity contribution is 5.65. The van der Waals surface area contributed by atoms with E-state index >= 15 is 0 Å². The molecule has 1 nitrogen and oxygen atoms in total. The minimum Gasteiger partial charge on any atom is -0.373 e. The third kappa shape index (κ3) is 5.46. The molecular weight excluding hydrogens is 385 g/mol. The molecule has 2 unspecified atom stereocenters. The van der Waals surface area contributed by atoms with Crippen LogP contribution in [0.1, 0.15) is 82.4 Å². The molecular formula is C26H33F3O. The summed E-state index contributed by atoms with van der Waals surface area (Å²) in [4.78, 5) is 0. The van der Waals surface area contributed by atoms with E-state index in [4.69, 9.17) is 4.74 Å². The van der Waals surface area contributed by atoms with Crippen LogP contribution in [-0.2, 0) is 11.2 Å². The third-order valence-electron chi connectivity index (χ3n) is 6.21. The van der Waals surface area contributed by atoms with Gasteiger partial charge in [-0.15, -0.1) is 0 Å². The van der Waals surface area contributed by atoms with E-state index < -0.39 is 17.5 Å². The van der Waals surface area contributed by atoms with Gasteiger partial charge in [-0.1, -0.05) is 63.8 Å². The molecule has 2 aromatic carbocycles. The lowest BCUT2D eigenvalue weighted by Gasteiger charge is -2.29. The van der Waals surface area contributed by atoms with Crippen LogP contribution < -0.4 is 0 Å². The number of hydrogen-bond acceptors (Lipinski definition) is 1. The molecule has 0 N–H and O–H groups in total. The lowest BCUT2D eigenvalue weighted by atomic mass is 9.90. The van der Waals surface area contributed by atoms with Gasteiger partial charge in [0.15, 0.2) is 11.6 Å². The molecule has 164 valence electrons. The van der Waals surface area contributed by atoms with Crippen molar-refractivity contribution in [2.75, 3.05) is 6.61 Å². The summed E-state index contributed by atoms with van der Waals surface area (Å²) in [7, 11) is 0.